The van der Waals surface area contributed by atoms with Crippen LogP contribution in [0.1, 0.15) is 35.5 Å². The van der Waals surface area contributed by atoms with Crippen molar-refractivity contribution in [2.75, 3.05) is 5.32 Å². The second-order valence-corrected chi connectivity index (χ2v) is 6.86. The maximum Gasteiger partial charge on any atom is 0.586 e. The summed E-state index contributed by atoms with van der Waals surface area (Å²) in [7, 11) is 0. The number of halogens is 3. The highest BCUT2D eigenvalue weighted by Gasteiger charge is 2.44. The molecule has 10 heteroatoms. The number of aryl methyl sites for hydroxylation is 2. The number of hydrogen-bond acceptors (Lipinski definition) is 6. The predicted molar refractivity (Wildman–Crippen MR) is 104 cm³/mol. The lowest BCUT2D eigenvalue weighted by Gasteiger charge is -2.08. The van der Waals surface area contributed by atoms with Crippen molar-refractivity contribution in [3.05, 3.63) is 52.7 Å². The largest absolute Gasteiger partial charge is 0.586 e. The molecular weight excluding hydrogens is 420 g/mol. The summed E-state index contributed by atoms with van der Waals surface area (Å²) in [5.41, 5.74) is 1.94. The molecule has 1 aliphatic rings. The van der Waals surface area contributed by atoms with E-state index in [1.54, 1.807) is 6.26 Å². The number of nitrogens with zero attached hydrogens (tertiary/aromatic N) is 2. The number of benzene rings is 1. The molecule has 156 valence electrons. The minimum Gasteiger partial charge on any atom is -0.468 e. The van der Waals surface area contributed by atoms with Gasteiger partial charge in [-0.3, -0.25) is 9.78 Å². The highest BCUT2D eigenvalue weighted by atomic mass is 35.5. The fourth-order valence-electron chi connectivity index (χ4n) is 3.11. The van der Waals surface area contributed by atoms with Gasteiger partial charge in [0.25, 0.3) is 5.91 Å². The fraction of sp³-hybridized carbons (Fsp3) is 0.250. The number of alkyl halides is 2. The van der Waals surface area contributed by atoms with E-state index in [2.05, 4.69) is 24.8 Å². The van der Waals surface area contributed by atoms with Gasteiger partial charge in [-0.2, -0.15) is 0 Å². The third-order valence-corrected chi connectivity index (χ3v) is 4.85. The van der Waals surface area contributed by atoms with Crippen molar-refractivity contribution < 1.29 is 27.5 Å². The molecule has 30 heavy (non-hydrogen) atoms. The zero-order valence-electron chi connectivity index (χ0n) is 16.0. The maximum absolute atomic E-state index is 13.2. The van der Waals surface area contributed by atoms with Crippen molar-refractivity contribution in [2.45, 2.75) is 33.0 Å². The van der Waals surface area contributed by atoms with E-state index in [-0.39, 0.29) is 28.2 Å². The standard InChI is InChI=1S/C20H16ClF2N3O4/c1-3-10-9-28-14(4-2)18(10)19(27)26-17-8-24-13(7-25-17)11-5-15-16(6-12(11)21)30-20(22,23)29-15/h5-9H,3-4H2,1-2H3,(H,25,26,27). The molecule has 2 aromatic heterocycles. The van der Waals surface area contributed by atoms with Gasteiger partial charge in [0.1, 0.15) is 5.76 Å². The fourth-order valence-corrected chi connectivity index (χ4v) is 3.36. The Kier molecular flexibility index (Phi) is 5.07. The smallest absolute Gasteiger partial charge is 0.468 e. The van der Waals surface area contributed by atoms with Gasteiger partial charge in [-0.1, -0.05) is 25.4 Å². The molecule has 0 aliphatic carbocycles. The van der Waals surface area contributed by atoms with Crippen molar-refractivity contribution in [3.8, 4) is 22.8 Å². The molecule has 0 fully saturated rings. The van der Waals surface area contributed by atoms with Crippen molar-refractivity contribution in [1.82, 2.24) is 9.97 Å². The number of anilines is 1. The van der Waals surface area contributed by atoms with E-state index in [0.29, 0.717) is 35.4 Å². The molecule has 3 heterocycles. The lowest BCUT2D eigenvalue weighted by molar-refractivity contribution is -0.286. The normalized spacial score (nSPS) is 14.0. The van der Waals surface area contributed by atoms with Crippen LogP contribution in [-0.2, 0) is 12.8 Å². The Hall–Kier alpha value is -3.20. The number of carbonyl (C=O) groups is 1. The Labute approximate surface area is 175 Å². The van der Waals surface area contributed by atoms with Crippen LogP contribution in [0.15, 0.2) is 35.2 Å². The maximum atomic E-state index is 13.2. The number of aromatic nitrogens is 2. The molecule has 0 spiro atoms. The predicted octanol–water partition coefficient (Wildman–Crippen LogP) is 5.09. The van der Waals surface area contributed by atoms with Gasteiger partial charge in [-0.25, -0.2) is 4.98 Å². The molecule has 1 aliphatic heterocycles. The van der Waals surface area contributed by atoms with Crippen LogP contribution in [0.2, 0.25) is 5.02 Å². The van der Waals surface area contributed by atoms with Crippen molar-refractivity contribution in [3.63, 3.8) is 0 Å². The molecule has 7 nitrogen and oxygen atoms in total. The first-order valence-corrected chi connectivity index (χ1v) is 9.51. The first kappa shape index (κ1) is 20.1. The summed E-state index contributed by atoms with van der Waals surface area (Å²) >= 11 is 6.17. The Morgan fingerprint density at radius 1 is 1.13 bits per heavy atom. The van der Waals surface area contributed by atoms with Crippen LogP contribution in [0.25, 0.3) is 11.3 Å². The molecule has 0 bridgehead atoms. The molecule has 0 unspecified atom stereocenters. The van der Waals surface area contributed by atoms with E-state index < -0.39 is 6.29 Å². The summed E-state index contributed by atoms with van der Waals surface area (Å²) in [6.45, 7) is 3.83. The van der Waals surface area contributed by atoms with Gasteiger partial charge >= 0.3 is 6.29 Å². The summed E-state index contributed by atoms with van der Waals surface area (Å²) in [5.74, 6) is 0.153. The van der Waals surface area contributed by atoms with E-state index in [0.717, 1.165) is 5.56 Å². The van der Waals surface area contributed by atoms with Gasteiger partial charge in [-0.05, 0) is 12.5 Å². The van der Waals surface area contributed by atoms with Crippen LogP contribution < -0.4 is 14.8 Å². The van der Waals surface area contributed by atoms with E-state index in [1.165, 1.54) is 24.5 Å². The van der Waals surface area contributed by atoms with E-state index >= 15 is 0 Å². The van der Waals surface area contributed by atoms with Gasteiger partial charge in [-0.15, -0.1) is 8.78 Å². The number of hydrogen-bond donors (Lipinski definition) is 1. The molecule has 0 saturated carbocycles. The topological polar surface area (TPSA) is 86.5 Å². The van der Waals surface area contributed by atoms with Gasteiger partial charge in [0, 0.05) is 23.6 Å². The minimum absolute atomic E-state index is 0.139. The zero-order valence-corrected chi connectivity index (χ0v) is 16.7. The van der Waals surface area contributed by atoms with Crippen LogP contribution in [0.5, 0.6) is 11.5 Å². The molecule has 0 radical (unpaired) electrons. The number of carbonyl (C=O) groups excluding carboxylic acids is 1. The number of amides is 1. The summed E-state index contributed by atoms with van der Waals surface area (Å²) < 4.78 is 40.7. The third kappa shape index (κ3) is 3.68. The minimum atomic E-state index is -3.74. The molecule has 1 aromatic carbocycles. The average Bonchev–Trinajstić information content (AvgIpc) is 3.26. The molecule has 0 atom stereocenters. The lowest BCUT2D eigenvalue weighted by Crippen LogP contribution is -2.25. The van der Waals surface area contributed by atoms with Crippen LogP contribution in [0, 0.1) is 0 Å². The Bertz CT molecular complexity index is 1090. The van der Waals surface area contributed by atoms with Crippen molar-refractivity contribution >= 4 is 23.3 Å². The molecule has 3 aromatic rings. The number of ether oxygens (including phenoxy) is 2. The zero-order chi connectivity index (χ0) is 21.5. The van der Waals surface area contributed by atoms with E-state index in [1.807, 2.05) is 13.8 Å². The first-order chi connectivity index (χ1) is 14.3. The van der Waals surface area contributed by atoms with Gasteiger partial charge in [0.2, 0.25) is 0 Å². The Balaban J connectivity index is 1.56. The highest BCUT2D eigenvalue weighted by molar-refractivity contribution is 6.33. The number of rotatable bonds is 5. The molecule has 1 N–H and O–H groups in total. The van der Waals surface area contributed by atoms with E-state index in [9.17, 15) is 13.6 Å². The molecule has 4 rings (SSSR count). The Morgan fingerprint density at radius 2 is 1.87 bits per heavy atom. The quantitative estimate of drug-likeness (QED) is 0.600. The SMILES string of the molecule is CCc1coc(CC)c1C(=O)Nc1cnc(-c2cc3c(cc2Cl)OC(F)(F)O3)cn1. The average molecular weight is 436 g/mol. The molecular formula is C20H16ClF2N3O4. The number of furan rings is 1. The number of fused-ring (bicyclic) bond motifs is 1. The monoisotopic (exact) mass is 435 g/mol. The Morgan fingerprint density at radius 3 is 2.50 bits per heavy atom. The molecule has 1 amide bonds. The first-order valence-electron chi connectivity index (χ1n) is 9.13. The van der Waals surface area contributed by atoms with Crippen LogP contribution in [0.4, 0.5) is 14.6 Å². The van der Waals surface area contributed by atoms with Gasteiger partial charge in [0.15, 0.2) is 17.3 Å². The third-order valence-electron chi connectivity index (χ3n) is 4.53. The lowest BCUT2D eigenvalue weighted by atomic mass is 10.1. The number of nitrogens with one attached hydrogen (secondary N) is 1. The summed E-state index contributed by atoms with van der Waals surface area (Å²) in [6.07, 6.45) is 1.78. The summed E-state index contributed by atoms with van der Waals surface area (Å²) in [6, 6.07) is 2.52. The summed E-state index contributed by atoms with van der Waals surface area (Å²) in [5, 5.41) is 2.83. The second kappa shape index (κ2) is 7.56. The summed E-state index contributed by atoms with van der Waals surface area (Å²) in [4.78, 5) is 21.1. The van der Waals surface area contributed by atoms with Crippen LogP contribution >= 0.6 is 11.6 Å². The van der Waals surface area contributed by atoms with E-state index in [4.69, 9.17) is 16.0 Å². The van der Waals surface area contributed by atoms with Crippen molar-refractivity contribution in [2.24, 2.45) is 0 Å². The van der Waals surface area contributed by atoms with Gasteiger partial charge in [0.05, 0.1) is 34.9 Å². The van der Waals surface area contributed by atoms with Crippen LogP contribution in [-0.4, -0.2) is 22.2 Å². The second-order valence-electron chi connectivity index (χ2n) is 6.45. The van der Waals surface area contributed by atoms with Crippen LogP contribution in [0.3, 0.4) is 0 Å². The van der Waals surface area contributed by atoms with Gasteiger partial charge < -0.3 is 19.2 Å². The highest BCUT2D eigenvalue weighted by Crippen LogP contribution is 2.45. The van der Waals surface area contributed by atoms with Crippen molar-refractivity contribution in [1.29, 1.82) is 0 Å². The molecule has 0 saturated heterocycles.